The van der Waals surface area contributed by atoms with Gasteiger partial charge in [0.15, 0.2) is 0 Å². The molecule has 0 N–H and O–H groups in total. The summed E-state index contributed by atoms with van der Waals surface area (Å²) in [6, 6.07) is 14.4. The second kappa shape index (κ2) is 6.96. The van der Waals surface area contributed by atoms with Crippen LogP contribution < -0.4 is 0 Å². The van der Waals surface area contributed by atoms with Gasteiger partial charge in [-0.3, -0.25) is 24.2 Å². The predicted octanol–water partition coefficient (Wildman–Crippen LogP) is 1.88. The van der Waals surface area contributed by atoms with Crippen molar-refractivity contribution in [2.75, 3.05) is 20.2 Å². The highest BCUT2D eigenvalue weighted by Gasteiger charge is 2.37. The molecule has 0 bridgehead atoms. The van der Waals surface area contributed by atoms with E-state index in [0.29, 0.717) is 30.6 Å². The quantitative estimate of drug-likeness (QED) is 0.612. The van der Waals surface area contributed by atoms with Crippen molar-refractivity contribution in [1.29, 1.82) is 0 Å². The van der Waals surface area contributed by atoms with Crippen LogP contribution >= 0.6 is 0 Å². The van der Waals surface area contributed by atoms with Crippen LogP contribution in [0.3, 0.4) is 0 Å². The van der Waals surface area contributed by atoms with Crippen molar-refractivity contribution in [2.24, 2.45) is 0 Å². The molecule has 2 amide bonds. The maximum absolute atomic E-state index is 12.5. The highest BCUT2D eigenvalue weighted by Crippen LogP contribution is 2.26. The van der Waals surface area contributed by atoms with Crippen molar-refractivity contribution in [3.63, 3.8) is 0 Å². The molecule has 0 spiro atoms. The fourth-order valence-electron chi connectivity index (χ4n) is 3.85. The van der Waals surface area contributed by atoms with E-state index in [2.05, 4.69) is 0 Å². The van der Waals surface area contributed by atoms with Crippen molar-refractivity contribution in [1.82, 2.24) is 9.80 Å². The van der Waals surface area contributed by atoms with Crippen LogP contribution in [-0.4, -0.2) is 53.8 Å². The summed E-state index contributed by atoms with van der Waals surface area (Å²) < 4.78 is 4.97. The maximum Gasteiger partial charge on any atom is 0.323 e. The smallest absolute Gasteiger partial charge is 0.323 e. The highest BCUT2D eigenvalue weighted by atomic mass is 16.5. The first kappa shape index (κ1) is 17.4. The summed E-state index contributed by atoms with van der Waals surface area (Å²) in [6.45, 7) is 1.24. The molecule has 0 aliphatic carbocycles. The van der Waals surface area contributed by atoms with E-state index in [1.807, 2.05) is 29.2 Å². The standard InChI is InChI=1S/C21H20N2O4/c1-27-21(26)18-12-14-6-2-3-7-15(14)13-22(18)10-11-23-19(24)16-8-4-5-9-17(16)20(23)25/h2-9,18H,10-13H2,1H3/t18-/m0/s1. The van der Waals surface area contributed by atoms with Gasteiger partial charge in [0.25, 0.3) is 11.8 Å². The molecule has 27 heavy (non-hydrogen) atoms. The van der Waals surface area contributed by atoms with Gasteiger partial charge in [-0.25, -0.2) is 0 Å². The molecular weight excluding hydrogens is 344 g/mol. The largest absolute Gasteiger partial charge is 0.468 e. The lowest BCUT2D eigenvalue weighted by atomic mass is 9.94. The Morgan fingerprint density at radius 2 is 1.56 bits per heavy atom. The first-order valence-corrected chi connectivity index (χ1v) is 8.94. The zero-order valence-electron chi connectivity index (χ0n) is 15.1. The number of ether oxygens (including phenoxy) is 1. The van der Waals surface area contributed by atoms with Gasteiger partial charge in [0.05, 0.1) is 18.2 Å². The van der Waals surface area contributed by atoms with Crippen molar-refractivity contribution in [3.8, 4) is 0 Å². The summed E-state index contributed by atoms with van der Waals surface area (Å²) >= 11 is 0. The maximum atomic E-state index is 12.5. The van der Waals surface area contributed by atoms with Gasteiger partial charge >= 0.3 is 5.97 Å². The van der Waals surface area contributed by atoms with Crippen LogP contribution in [0.4, 0.5) is 0 Å². The molecule has 1 atom stereocenters. The van der Waals surface area contributed by atoms with Crippen LogP contribution in [0.15, 0.2) is 48.5 Å². The lowest BCUT2D eigenvalue weighted by molar-refractivity contribution is -0.147. The van der Waals surface area contributed by atoms with E-state index in [0.717, 1.165) is 11.1 Å². The zero-order chi connectivity index (χ0) is 19.0. The Kier molecular flexibility index (Phi) is 4.49. The molecule has 0 unspecified atom stereocenters. The van der Waals surface area contributed by atoms with E-state index >= 15 is 0 Å². The van der Waals surface area contributed by atoms with Gasteiger partial charge in [0, 0.05) is 19.6 Å². The summed E-state index contributed by atoms with van der Waals surface area (Å²) in [5, 5.41) is 0. The first-order valence-electron chi connectivity index (χ1n) is 8.94. The molecule has 0 fully saturated rings. The Morgan fingerprint density at radius 1 is 0.963 bits per heavy atom. The number of esters is 1. The van der Waals surface area contributed by atoms with Crippen LogP contribution in [0.5, 0.6) is 0 Å². The number of carbonyl (C=O) groups is 3. The van der Waals surface area contributed by atoms with Crippen molar-refractivity contribution < 1.29 is 19.1 Å². The molecular formula is C21H20N2O4. The number of carbonyl (C=O) groups excluding carboxylic acids is 3. The molecule has 0 saturated heterocycles. The molecule has 6 nitrogen and oxygen atoms in total. The highest BCUT2D eigenvalue weighted by molar-refractivity contribution is 6.21. The second-order valence-corrected chi connectivity index (χ2v) is 6.79. The minimum Gasteiger partial charge on any atom is -0.468 e. The summed E-state index contributed by atoms with van der Waals surface area (Å²) in [5.41, 5.74) is 3.16. The fourth-order valence-corrected chi connectivity index (χ4v) is 3.85. The average molecular weight is 364 g/mol. The van der Waals surface area contributed by atoms with Gasteiger partial charge in [-0.2, -0.15) is 0 Å². The Morgan fingerprint density at radius 3 is 2.19 bits per heavy atom. The van der Waals surface area contributed by atoms with E-state index in [1.54, 1.807) is 24.3 Å². The molecule has 2 aliphatic rings. The van der Waals surface area contributed by atoms with Crippen molar-refractivity contribution in [2.45, 2.75) is 19.0 Å². The second-order valence-electron chi connectivity index (χ2n) is 6.79. The number of hydrogen-bond acceptors (Lipinski definition) is 5. The minimum atomic E-state index is -0.417. The Bertz CT molecular complexity index is 889. The van der Waals surface area contributed by atoms with Crippen molar-refractivity contribution in [3.05, 3.63) is 70.8 Å². The SMILES string of the molecule is COC(=O)[C@@H]1Cc2ccccc2CN1CCN1C(=O)c2ccccc2C1=O. The lowest BCUT2D eigenvalue weighted by Crippen LogP contribution is -2.49. The monoisotopic (exact) mass is 364 g/mol. The van der Waals surface area contributed by atoms with E-state index in [1.165, 1.54) is 12.0 Å². The molecule has 2 aromatic carbocycles. The average Bonchev–Trinajstić information content (AvgIpc) is 2.95. The van der Waals surface area contributed by atoms with Gasteiger partial charge in [-0.05, 0) is 29.7 Å². The Labute approximate surface area is 157 Å². The van der Waals surface area contributed by atoms with Crippen molar-refractivity contribution >= 4 is 17.8 Å². The number of rotatable bonds is 4. The number of nitrogens with zero attached hydrogens (tertiary/aromatic N) is 2. The molecule has 138 valence electrons. The first-order chi connectivity index (χ1) is 13.1. The molecule has 0 radical (unpaired) electrons. The van der Waals surface area contributed by atoms with Crippen LogP contribution in [0.1, 0.15) is 31.8 Å². The summed E-state index contributed by atoms with van der Waals surface area (Å²) in [5.74, 6) is -0.850. The Balaban J connectivity index is 1.52. The number of hydrogen-bond donors (Lipinski definition) is 0. The summed E-state index contributed by atoms with van der Waals surface area (Å²) in [7, 11) is 1.38. The van der Waals surface area contributed by atoms with Gasteiger partial charge < -0.3 is 4.74 Å². The predicted molar refractivity (Wildman–Crippen MR) is 98.2 cm³/mol. The molecule has 0 aromatic heterocycles. The number of benzene rings is 2. The number of fused-ring (bicyclic) bond motifs is 2. The Hall–Kier alpha value is -2.99. The van der Waals surface area contributed by atoms with Crippen LogP contribution in [-0.2, 0) is 22.5 Å². The van der Waals surface area contributed by atoms with Crippen LogP contribution in [0.2, 0.25) is 0 Å². The molecule has 4 rings (SSSR count). The number of amides is 2. The van der Waals surface area contributed by atoms with E-state index in [4.69, 9.17) is 4.74 Å². The normalized spacial score (nSPS) is 19.0. The van der Waals surface area contributed by atoms with E-state index in [9.17, 15) is 14.4 Å². The van der Waals surface area contributed by atoms with Crippen LogP contribution in [0.25, 0.3) is 0 Å². The third-order valence-corrected chi connectivity index (χ3v) is 5.31. The molecule has 6 heteroatoms. The zero-order valence-corrected chi connectivity index (χ0v) is 15.1. The third-order valence-electron chi connectivity index (χ3n) is 5.31. The molecule has 2 heterocycles. The van der Waals surface area contributed by atoms with Crippen LogP contribution in [0, 0.1) is 0 Å². The van der Waals surface area contributed by atoms with Gasteiger partial charge in [0.2, 0.25) is 0 Å². The molecule has 2 aromatic rings. The minimum absolute atomic E-state index is 0.238. The lowest BCUT2D eigenvalue weighted by Gasteiger charge is -2.35. The van der Waals surface area contributed by atoms with E-state index < -0.39 is 6.04 Å². The van der Waals surface area contributed by atoms with Gasteiger partial charge in [-0.1, -0.05) is 36.4 Å². The number of methoxy groups -OCH3 is 1. The van der Waals surface area contributed by atoms with Gasteiger partial charge in [0.1, 0.15) is 6.04 Å². The number of imide groups is 1. The third kappa shape index (κ3) is 3.02. The summed E-state index contributed by atoms with van der Waals surface area (Å²) in [6.07, 6.45) is 0.560. The summed E-state index contributed by atoms with van der Waals surface area (Å²) in [4.78, 5) is 40.6. The van der Waals surface area contributed by atoms with Gasteiger partial charge in [-0.15, -0.1) is 0 Å². The molecule has 2 aliphatic heterocycles. The van der Waals surface area contributed by atoms with E-state index in [-0.39, 0.29) is 24.3 Å². The topological polar surface area (TPSA) is 66.9 Å². The molecule has 0 saturated carbocycles. The fraction of sp³-hybridized carbons (Fsp3) is 0.286.